The summed E-state index contributed by atoms with van der Waals surface area (Å²) >= 11 is 11.9. The fourth-order valence-corrected chi connectivity index (χ4v) is 2.52. The van der Waals surface area contributed by atoms with E-state index in [1.165, 1.54) is 0 Å². The van der Waals surface area contributed by atoms with Crippen molar-refractivity contribution in [2.24, 2.45) is 0 Å². The van der Waals surface area contributed by atoms with Gasteiger partial charge in [0.15, 0.2) is 0 Å². The van der Waals surface area contributed by atoms with Crippen molar-refractivity contribution < 1.29 is 0 Å². The van der Waals surface area contributed by atoms with E-state index in [0.29, 0.717) is 16.6 Å². The normalized spacial score (nSPS) is 12.7. The van der Waals surface area contributed by atoms with Gasteiger partial charge in [0.2, 0.25) is 0 Å². The molecule has 0 saturated heterocycles. The minimum Gasteiger partial charge on any atom is -0.341 e. The summed E-state index contributed by atoms with van der Waals surface area (Å²) in [5.41, 5.74) is 3.12. The molecule has 0 bridgehead atoms. The highest BCUT2D eigenvalue weighted by atomic mass is 35.5. The highest BCUT2D eigenvalue weighted by molar-refractivity contribution is 6.42. The quantitative estimate of drug-likeness (QED) is 0.730. The smallest absolute Gasteiger partial charge is 0.124 e. The number of halogens is 2. The largest absolute Gasteiger partial charge is 0.341 e. The second-order valence-corrected chi connectivity index (χ2v) is 5.80. The van der Waals surface area contributed by atoms with Crippen LogP contribution in [0.15, 0.2) is 42.5 Å². The Balaban J connectivity index is 1.70. The van der Waals surface area contributed by atoms with Gasteiger partial charge in [-0.05, 0) is 36.8 Å². The van der Waals surface area contributed by atoms with Crippen molar-refractivity contribution in [1.29, 1.82) is 0 Å². The van der Waals surface area contributed by atoms with Crippen LogP contribution in [0.3, 0.4) is 0 Å². The number of nitrogens with one attached hydrogen (secondary N) is 2. The van der Waals surface area contributed by atoms with Gasteiger partial charge in [0, 0.05) is 6.54 Å². The molecule has 0 aliphatic heterocycles. The Morgan fingerprint density at radius 1 is 1.14 bits per heavy atom. The van der Waals surface area contributed by atoms with Gasteiger partial charge in [-0.15, -0.1) is 0 Å². The zero-order chi connectivity index (χ0) is 14.8. The second kappa shape index (κ2) is 6.06. The monoisotopic (exact) mass is 319 g/mol. The van der Waals surface area contributed by atoms with Crippen molar-refractivity contribution in [3.63, 3.8) is 0 Å². The van der Waals surface area contributed by atoms with Crippen molar-refractivity contribution in [2.75, 3.05) is 0 Å². The number of hydrogen-bond donors (Lipinski definition) is 2. The van der Waals surface area contributed by atoms with Gasteiger partial charge in [-0.2, -0.15) is 0 Å². The molecule has 1 unspecified atom stereocenters. The third-order valence-electron chi connectivity index (χ3n) is 3.41. The molecule has 0 amide bonds. The van der Waals surface area contributed by atoms with E-state index in [4.69, 9.17) is 23.2 Å². The standard InChI is InChI=1S/C16H15Cl2N3/c1-10(16-20-14-4-2-3-5-15(14)21-16)19-9-11-6-7-12(17)13(18)8-11/h2-8,10,19H,9H2,1H3,(H,20,21). The second-order valence-electron chi connectivity index (χ2n) is 4.99. The van der Waals surface area contributed by atoms with Crippen LogP contribution in [0, 0.1) is 0 Å². The van der Waals surface area contributed by atoms with Crippen LogP contribution in [-0.2, 0) is 6.54 Å². The number of hydrogen-bond acceptors (Lipinski definition) is 2. The molecular weight excluding hydrogens is 305 g/mol. The zero-order valence-corrected chi connectivity index (χ0v) is 13.0. The molecule has 3 aromatic rings. The number of H-pyrrole nitrogens is 1. The number of rotatable bonds is 4. The van der Waals surface area contributed by atoms with Gasteiger partial charge < -0.3 is 10.3 Å². The maximum absolute atomic E-state index is 6.02. The summed E-state index contributed by atoms with van der Waals surface area (Å²) in [6, 6.07) is 13.8. The van der Waals surface area contributed by atoms with E-state index in [-0.39, 0.29) is 6.04 Å². The summed E-state index contributed by atoms with van der Waals surface area (Å²) in [6.07, 6.45) is 0. The highest BCUT2D eigenvalue weighted by Crippen LogP contribution is 2.23. The Morgan fingerprint density at radius 2 is 1.95 bits per heavy atom. The molecule has 3 rings (SSSR count). The van der Waals surface area contributed by atoms with Crippen LogP contribution in [0.1, 0.15) is 24.4 Å². The molecule has 2 N–H and O–H groups in total. The van der Waals surface area contributed by atoms with Crippen LogP contribution in [0.5, 0.6) is 0 Å². The maximum Gasteiger partial charge on any atom is 0.124 e. The van der Waals surface area contributed by atoms with E-state index in [2.05, 4.69) is 22.2 Å². The first kappa shape index (κ1) is 14.4. The van der Waals surface area contributed by atoms with Crippen LogP contribution in [-0.4, -0.2) is 9.97 Å². The first-order valence-corrected chi connectivity index (χ1v) is 7.51. The molecule has 21 heavy (non-hydrogen) atoms. The van der Waals surface area contributed by atoms with E-state index in [1.54, 1.807) is 0 Å². The number of aromatic amines is 1. The first-order valence-electron chi connectivity index (χ1n) is 6.75. The van der Waals surface area contributed by atoms with Crippen molar-refractivity contribution in [1.82, 2.24) is 15.3 Å². The van der Waals surface area contributed by atoms with Crippen molar-refractivity contribution in [3.8, 4) is 0 Å². The van der Waals surface area contributed by atoms with Crippen LogP contribution < -0.4 is 5.32 Å². The van der Waals surface area contributed by atoms with Gasteiger partial charge in [0.25, 0.3) is 0 Å². The lowest BCUT2D eigenvalue weighted by atomic mass is 10.2. The molecule has 1 atom stereocenters. The molecule has 0 spiro atoms. The number of para-hydroxylation sites is 2. The zero-order valence-electron chi connectivity index (χ0n) is 11.5. The van der Waals surface area contributed by atoms with Crippen LogP contribution in [0.4, 0.5) is 0 Å². The molecular formula is C16H15Cl2N3. The summed E-state index contributed by atoms with van der Waals surface area (Å²) in [5.74, 6) is 0.927. The Labute approximate surface area is 133 Å². The highest BCUT2D eigenvalue weighted by Gasteiger charge is 2.10. The predicted octanol–water partition coefficient (Wildman–Crippen LogP) is 4.72. The van der Waals surface area contributed by atoms with Gasteiger partial charge in [-0.25, -0.2) is 4.98 Å². The summed E-state index contributed by atoms with van der Waals surface area (Å²) in [4.78, 5) is 7.92. The molecule has 3 nitrogen and oxygen atoms in total. The van der Waals surface area contributed by atoms with Crippen LogP contribution in [0.25, 0.3) is 11.0 Å². The van der Waals surface area contributed by atoms with E-state index in [9.17, 15) is 0 Å². The first-order chi connectivity index (χ1) is 10.1. The fraction of sp³-hybridized carbons (Fsp3) is 0.188. The van der Waals surface area contributed by atoms with Crippen molar-refractivity contribution >= 4 is 34.2 Å². The van der Waals surface area contributed by atoms with Gasteiger partial charge in [-0.3, -0.25) is 0 Å². The topological polar surface area (TPSA) is 40.7 Å². The fourth-order valence-electron chi connectivity index (χ4n) is 2.19. The summed E-state index contributed by atoms with van der Waals surface area (Å²) < 4.78 is 0. The third kappa shape index (κ3) is 3.21. The lowest BCUT2D eigenvalue weighted by molar-refractivity contribution is 0.552. The maximum atomic E-state index is 6.02. The number of benzene rings is 2. The van der Waals surface area contributed by atoms with Gasteiger partial charge in [-0.1, -0.05) is 41.4 Å². The Kier molecular flexibility index (Phi) is 4.15. The van der Waals surface area contributed by atoms with E-state index in [1.807, 2.05) is 42.5 Å². The van der Waals surface area contributed by atoms with Crippen LogP contribution in [0.2, 0.25) is 10.0 Å². The molecule has 108 valence electrons. The SMILES string of the molecule is CC(NCc1ccc(Cl)c(Cl)c1)c1nc2ccccc2[nH]1. The number of fused-ring (bicyclic) bond motifs is 1. The lowest BCUT2D eigenvalue weighted by Crippen LogP contribution is -2.19. The van der Waals surface area contributed by atoms with Gasteiger partial charge in [0.1, 0.15) is 5.82 Å². The van der Waals surface area contributed by atoms with Gasteiger partial charge in [0.05, 0.1) is 27.1 Å². The molecule has 2 aromatic carbocycles. The average Bonchev–Trinajstić information content (AvgIpc) is 2.92. The Bertz CT molecular complexity index is 734. The molecule has 1 aromatic heterocycles. The molecule has 0 fully saturated rings. The minimum atomic E-state index is 0.117. The number of aromatic nitrogens is 2. The molecule has 0 aliphatic carbocycles. The Hall–Kier alpha value is -1.55. The average molecular weight is 320 g/mol. The summed E-state index contributed by atoms with van der Waals surface area (Å²) in [5, 5.41) is 4.58. The van der Waals surface area contributed by atoms with Gasteiger partial charge >= 0.3 is 0 Å². The van der Waals surface area contributed by atoms with Crippen molar-refractivity contribution in [2.45, 2.75) is 19.5 Å². The summed E-state index contributed by atoms with van der Waals surface area (Å²) in [6.45, 7) is 2.78. The number of nitrogens with zero attached hydrogens (tertiary/aromatic N) is 1. The minimum absolute atomic E-state index is 0.117. The molecule has 5 heteroatoms. The van der Waals surface area contributed by atoms with Crippen molar-refractivity contribution in [3.05, 3.63) is 63.9 Å². The number of imidazole rings is 1. The molecule has 1 heterocycles. The van der Waals surface area contributed by atoms with Crippen LogP contribution >= 0.6 is 23.2 Å². The molecule has 0 aliphatic rings. The Morgan fingerprint density at radius 3 is 2.71 bits per heavy atom. The molecule has 0 radical (unpaired) electrons. The third-order valence-corrected chi connectivity index (χ3v) is 4.15. The van der Waals surface area contributed by atoms with E-state index in [0.717, 1.165) is 22.4 Å². The predicted molar refractivity (Wildman–Crippen MR) is 87.8 cm³/mol. The summed E-state index contributed by atoms with van der Waals surface area (Å²) in [7, 11) is 0. The van der Waals surface area contributed by atoms with E-state index < -0.39 is 0 Å². The van der Waals surface area contributed by atoms with E-state index >= 15 is 0 Å². The lowest BCUT2D eigenvalue weighted by Gasteiger charge is -2.11. The molecule has 0 saturated carbocycles.